The Morgan fingerprint density at radius 2 is 1.68 bits per heavy atom. The van der Waals surface area contributed by atoms with Crippen LogP contribution in [-0.4, -0.2) is 11.0 Å². The van der Waals surface area contributed by atoms with Crippen molar-refractivity contribution in [1.82, 2.24) is 0 Å². The summed E-state index contributed by atoms with van der Waals surface area (Å²) < 4.78 is 0. The Bertz CT molecular complexity index is 687. The molecule has 1 amide bonds. The summed E-state index contributed by atoms with van der Waals surface area (Å²) in [5.74, 6) is -0.530. The lowest BCUT2D eigenvalue weighted by Crippen LogP contribution is -2.35. The second kappa shape index (κ2) is 4.23. The van der Waals surface area contributed by atoms with E-state index in [1.807, 2.05) is 0 Å². The first kappa shape index (κ1) is 12.5. The van der Waals surface area contributed by atoms with Gasteiger partial charge in [-0.25, -0.2) is 0 Å². The number of benzene rings is 2. The van der Waals surface area contributed by atoms with Crippen LogP contribution in [0.5, 0.6) is 0 Å². The van der Waals surface area contributed by atoms with Crippen LogP contribution < -0.4 is 5.32 Å². The fourth-order valence-electron chi connectivity index (χ4n) is 2.29. The second-order valence-corrected chi connectivity index (χ2v) is 5.10. The van der Waals surface area contributed by atoms with Gasteiger partial charge in [0.2, 0.25) is 0 Å². The van der Waals surface area contributed by atoms with E-state index in [0.29, 0.717) is 16.3 Å². The van der Waals surface area contributed by atoms with Crippen LogP contribution >= 0.6 is 23.2 Å². The fourth-order valence-corrected chi connectivity index (χ4v) is 2.73. The lowest BCUT2D eigenvalue weighted by molar-refractivity contribution is -0.129. The van der Waals surface area contributed by atoms with Gasteiger partial charge in [0.05, 0.1) is 10.0 Å². The summed E-state index contributed by atoms with van der Waals surface area (Å²) in [6.07, 6.45) is 0. The molecule has 0 saturated carbocycles. The molecule has 3 nitrogen and oxygen atoms in total. The Labute approximate surface area is 119 Å². The quantitative estimate of drug-likeness (QED) is 0.848. The molecule has 1 atom stereocenters. The lowest BCUT2D eigenvalue weighted by Gasteiger charge is -2.22. The van der Waals surface area contributed by atoms with Gasteiger partial charge in [0.15, 0.2) is 5.60 Å². The zero-order chi connectivity index (χ0) is 13.6. The highest BCUT2D eigenvalue weighted by Crippen LogP contribution is 2.44. The molecule has 0 saturated heterocycles. The third-order valence-electron chi connectivity index (χ3n) is 3.24. The molecular formula is C14H9Cl2NO2. The third-order valence-corrected chi connectivity index (χ3v) is 4.05. The largest absolute Gasteiger partial charge is 0.372 e. The molecule has 0 aromatic heterocycles. The first-order valence-electron chi connectivity index (χ1n) is 5.63. The van der Waals surface area contributed by atoms with Crippen LogP contribution in [0.25, 0.3) is 0 Å². The van der Waals surface area contributed by atoms with Crippen LogP contribution in [0.2, 0.25) is 10.0 Å². The molecule has 1 aliphatic rings. The van der Waals surface area contributed by atoms with Crippen LogP contribution in [0, 0.1) is 0 Å². The molecular weight excluding hydrogens is 285 g/mol. The van der Waals surface area contributed by atoms with Gasteiger partial charge in [-0.2, -0.15) is 0 Å². The first-order chi connectivity index (χ1) is 9.05. The highest BCUT2D eigenvalue weighted by Gasteiger charge is 2.47. The SMILES string of the molecule is O=C1Nc2ccccc2C1(O)c1cccc(Cl)c1Cl. The van der Waals surface area contributed by atoms with Crippen molar-refractivity contribution in [3.8, 4) is 0 Å². The van der Waals surface area contributed by atoms with E-state index >= 15 is 0 Å². The minimum atomic E-state index is -1.81. The van der Waals surface area contributed by atoms with E-state index in [1.54, 1.807) is 42.5 Å². The molecule has 1 heterocycles. The van der Waals surface area contributed by atoms with Crippen molar-refractivity contribution in [3.63, 3.8) is 0 Å². The van der Waals surface area contributed by atoms with Crippen molar-refractivity contribution in [2.45, 2.75) is 5.60 Å². The molecule has 1 aliphatic heterocycles. The predicted octanol–water partition coefficient (Wildman–Crippen LogP) is 3.18. The van der Waals surface area contributed by atoms with Crippen LogP contribution in [0.15, 0.2) is 42.5 Å². The second-order valence-electron chi connectivity index (χ2n) is 4.31. The Hall–Kier alpha value is -1.55. The van der Waals surface area contributed by atoms with E-state index < -0.39 is 11.5 Å². The summed E-state index contributed by atoms with van der Waals surface area (Å²) in [6.45, 7) is 0. The number of hydrogen-bond acceptors (Lipinski definition) is 2. The van der Waals surface area contributed by atoms with Crippen LogP contribution in [0.4, 0.5) is 5.69 Å². The van der Waals surface area contributed by atoms with Crippen molar-refractivity contribution in [1.29, 1.82) is 0 Å². The Kier molecular flexibility index (Phi) is 2.78. The van der Waals surface area contributed by atoms with E-state index in [2.05, 4.69) is 5.32 Å². The van der Waals surface area contributed by atoms with Gasteiger partial charge >= 0.3 is 0 Å². The summed E-state index contributed by atoms with van der Waals surface area (Å²) in [5, 5.41) is 14.0. The average Bonchev–Trinajstić information content (AvgIpc) is 2.66. The van der Waals surface area contributed by atoms with Gasteiger partial charge in [-0.1, -0.05) is 53.5 Å². The van der Waals surface area contributed by atoms with Gasteiger partial charge in [-0.15, -0.1) is 0 Å². The molecule has 2 N–H and O–H groups in total. The Morgan fingerprint density at radius 1 is 1.00 bits per heavy atom. The predicted molar refractivity (Wildman–Crippen MR) is 74.5 cm³/mol. The summed E-state index contributed by atoms with van der Waals surface area (Å²) in [4.78, 5) is 12.2. The zero-order valence-electron chi connectivity index (χ0n) is 9.65. The monoisotopic (exact) mass is 293 g/mol. The minimum Gasteiger partial charge on any atom is -0.372 e. The Morgan fingerprint density at radius 3 is 2.47 bits per heavy atom. The molecule has 0 fully saturated rings. The van der Waals surface area contributed by atoms with Gasteiger partial charge in [0.25, 0.3) is 5.91 Å². The topological polar surface area (TPSA) is 49.3 Å². The van der Waals surface area contributed by atoms with Crippen molar-refractivity contribution in [2.24, 2.45) is 0 Å². The maximum Gasteiger partial charge on any atom is 0.265 e. The molecule has 2 aromatic rings. The van der Waals surface area contributed by atoms with Gasteiger partial charge in [0, 0.05) is 16.8 Å². The molecule has 19 heavy (non-hydrogen) atoms. The number of halogens is 2. The number of carbonyl (C=O) groups is 1. The normalized spacial score (nSPS) is 21.1. The molecule has 5 heteroatoms. The molecule has 96 valence electrons. The van der Waals surface area contributed by atoms with Crippen LogP contribution in [0.1, 0.15) is 11.1 Å². The highest BCUT2D eigenvalue weighted by atomic mass is 35.5. The van der Waals surface area contributed by atoms with Gasteiger partial charge < -0.3 is 10.4 Å². The van der Waals surface area contributed by atoms with Gasteiger partial charge in [-0.3, -0.25) is 4.79 Å². The molecule has 0 radical (unpaired) electrons. The summed E-state index contributed by atoms with van der Waals surface area (Å²) in [7, 11) is 0. The van der Waals surface area contributed by atoms with E-state index in [0.717, 1.165) is 0 Å². The standard InChI is InChI=1S/C14H9Cl2NO2/c15-10-6-3-5-9(12(10)16)14(19)8-4-1-2-7-11(8)17-13(14)18/h1-7,19H,(H,17,18). The summed E-state index contributed by atoms with van der Waals surface area (Å²) in [5.41, 5.74) is -0.474. The molecule has 3 rings (SSSR count). The molecule has 0 aliphatic carbocycles. The number of fused-ring (bicyclic) bond motifs is 1. The highest BCUT2D eigenvalue weighted by molar-refractivity contribution is 6.42. The smallest absolute Gasteiger partial charge is 0.265 e. The number of amides is 1. The van der Waals surface area contributed by atoms with Crippen molar-refractivity contribution < 1.29 is 9.90 Å². The van der Waals surface area contributed by atoms with Gasteiger partial charge in [0.1, 0.15) is 0 Å². The van der Waals surface area contributed by atoms with Crippen LogP contribution in [0.3, 0.4) is 0 Å². The summed E-state index contributed by atoms with van der Waals surface area (Å²) >= 11 is 12.1. The summed E-state index contributed by atoms with van der Waals surface area (Å²) in [6, 6.07) is 11.8. The number of hydrogen-bond donors (Lipinski definition) is 2. The van der Waals surface area contributed by atoms with Crippen molar-refractivity contribution >= 4 is 34.8 Å². The van der Waals surface area contributed by atoms with Gasteiger partial charge in [-0.05, 0) is 12.1 Å². The maximum atomic E-state index is 12.2. The maximum absolute atomic E-state index is 12.2. The van der Waals surface area contributed by atoms with Crippen molar-refractivity contribution in [2.75, 3.05) is 5.32 Å². The lowest BCUT2D eigenvalue weighted by atomic mass is 9.87. The number of para-hydroxylation sites is 1. The third kappa shape index (κ3) is 1.66. The number of carbonyl (C=O) groups excluding carboxylic acids is 1. The number of anilines is 1. The molecule has 0 bridgehead atoms. The van der Waals surface area contributed by atoms with Crippen LogP contribution in [-0.2, 0) is 10.4 Å². The minimum absolute atomic E-state index is 0.179. The van der Waals surface area contributed by atoms with E-state index in [1.165, 1.54) is 0 Å². The van der Waals surface area contributed by atoms with Crippen molar-refractivity contribution in [3.05, 3.63) is 63.6 Å². The van der Waals surface area contributed by atoms with E-state index in [-0.39, 0.29) is 10.6 Å². The zero-order valence-corrected chi connectivity index (χ0v) is 11.2. The molecule has 1 unspecified atom stereocenters. The van der Waals surface area contributed by atoms with E-state index in [4.69, 9.17) is 23.2 Å². The Balaban J connectivity index is 2.29. The molecule has 0 spiro atoms. The van der Waals surface area contributed by atoms with E-state index in [9.17, 15) is 9.90 Å². The average molecular weight is 294 g/mol. The first-order valence-corrected chi connectivity index (χ1v) is 6.38. The number of rotatable bonds is 1. The number of aliphatic hydroxyl groups is 1. The number of nitrogens with one attached hydrogen (secondary N) is 1. The molecule has 2 aromatic carbocycles. The fraction of sp³-hybridized carbons (Fsp3) is 0.0714.